The van der Waals surface area contributed by atoms with Gasteiger partial charge in [0.25, 0.3) is 0 Å². The first-order chi connectivity index (χ1) is 10.6. The van der Waals surface area contributed by atoms with Gasteiger partial charge in [0, 0.05) is 19.0 Å². The van der Waals surface area contributed by atoms with Crippen molar-refractivity contribution in [2.45, 2.75) is 26.6 Å². The van der Waals surface area contributed by atoms with Crippen LogP contribution in [0.4, 0.5) is 10.6 Å². The summed E-state index contributed by atoms with van der Waals surface area (Å²) in [7, 11) is 0. The summed E-state index contributed by atoms with van der Waals surface area (Å²) in [5.74, 6) is 0.402. The molecule has 3 N–H and O–H groups in total. The molecular weight excluding hydrogens is 282 g/mol. The Balaban J connectivity index is 1.59. The fraction of sp³-hybridized carbons (Fsp3) is 0.267. The summed E-state index contributed by atoms with van der Waals surface area (Å²) < 4.78 is 0. The average Bonchev–Trinajstić information content (AvgIpc) is 3.08. The normalized spacial score (nSPS) is 12.9. The van der Waals surface area contributed by atoms with Crippen molar-refractivity contribution in [3.8, 4) is 0 Å². The third kappa shape index (κ3) is 2.93. The van der Waals surface area contributed by atoms with E-state index in [-0.39, 0.29) is 11.9 Å². The van der Waals surface area contributed by atoms with Crippen LogP contribution in [0.3, 0.4) is 0 Å². The van der Waals surface area contributed by atoms with Crippen LogP contribution in [0.2, 0.25) is 0 Å². The van der Waals surface area contributed by atoms with Gasteiger partial charge < -0.3 is 15.5 Å². The van der Waals surface area contributed by atoms with Gasteiger partial charge in [-0.3, -0.25) is 9.89 Å². The van der Waals surface area contributed by atoms with E-state index in [1.165, 1.54) is 6.92 Å². The predicted molar refractivity (Wildman–Crippen MR) is 80.8 cm³/mol. The summed E-state index contributed by atoms with van der Waals surface area (Å²) in [5.41, 5.74) is 2.70. The molecular formula is C15H17N5O2. The second-order valence-electron chi connectivity index (χ2n) is 5.21. The number of nitrogens with zero attached hydrogens (tertiary/aromatic N) is 2. The second-order valence-corrected chi connectivity index (χ2v) is 5.21. The zero-order chi connectivity index (χ0) is 15.5. The third-order valence-corrected chi connectivity index (χ3v) is 3.52. The fourth-order valence-electron chi connectivity index (χ4n) is 2.44. The zero-order valence-electron chi connectivity index (χ0n) is 12.2. The number of amides is 3. The van der Waals surface area contributed by atoms with E-state index < -0.39 is 0 Å². The van der Waals surface area contributed by atoms with Gasteiger partial charge in [-0.2, -0.15) is 5.10 Å². The Bertz CT molecular complexity index is 695. The van der Waals surface area contributed by atoms with E-state index in [0.29, 0.717) is 25.5 Å². The highest BCUT2D eigenvalue weighted by Gasteiger charge is 2.28. The maximum Gasteiger partial charge on any atom is 0.318 e. The molecule has 0 spiro atoms. The summed E-state index contributed by atoms with van der Waals surface area (Å²) in [6, 6.07) is 9.60. The molecule has 0 saturated carbocycles. The Labute approximate surface area is 127 Å². The van der Waals surface area contributed by atoms with Crippen molar-refractivity contribution in [3.63, 3.8) is 0 Å². The second kappa shape index (κ2) is 5.88. The number of rotatable bonds is 3. The summed E-state index contributed by atoms with van der Waals surface area (Å²) in [4.78, 5) is 25.0. The quantitative estimate of drug-likeness (QED) is 0.804. The Morgan fingerprint density at radius 2 is 2.05 bits per heavy atom. The molecule has 7 nitrogen and oxygen atoms in total. The van der Waals surface area contributed by atoms with Crippen molar-refractivity contribution in [1.29, 1.82) is 0 Å². The van der Waals surface area contributed by atoms with Gasteiger partial charge in [0.05, 0.1) is 18.8 Å². The molecule has 7 heteroatoms. The molecule has 0 atom stereocenters. The van der Waals surface area contributed by atoms with Crippen LogP contribution in [0.25, 0.3) is 0 Å². The molecule has 0 unspecified atom stereocenters. The average molecular weight is 299 g/mol. The Kier molecular flexibility index (Phi) is 3.78. The highest BCUT2D eigenvalue weighted by Crippen LogP contribution is 2.26. The topological polar surface area (TPSA) is 90.1 Å². The van der Waals surface area contributed by atoms with E-state index in [1.54, 1.807) is 4.90 Å². The van der Waals surface area contributed by atoms with Crippen molar-refractivity contribution in [1.82, 2.24) is 20.4 Å². The lowest BCUT2D eigenvalue weighted by molar-refractivity contribution is -0.114. The number of carbonyl (C=O) groups is 2. The SMILES string of the molecule is CC(=O)Nc1[nH]nc2c1CN(C(=O)NCc1ccccc1)C2. The fourth-order valence-corrected chi connectivity index (χ4v) is 2.44. The monoisotopic (exact) mass is 299 g/mol. The van der Waals surface area contributed by atoms with Crippen LogP contribution in [-0.2, 0) is 24.4 Å². The number of aromatic amines is 1. The van der Waals surface area contributed by atoms with E-state index in [1.807, 2.05) is 30.3 Å². The molecule has 0 bridgehead atoms. The van der Waals surface area contributed by atoms with E-state index >= 15 is 0 Å². The largest absolute Gasteiger partial charge is 0.334 e. The van der Waals surface area contributed by atoms with E-state index in [4.69, 9.17) is 0 Å². The van der Waals surface area contributed by atoms with Crippen LogP contribution in [0.15, 0.2) is 30.3 Å². The maximum atomic E-state index is 12.2. The number of carbonyl (C=O) groups excluding carboxylic acids is 2. The number of fused-ring (bicyclic) bond motifs is 1. The number of nitrogens with one attached hydrogen (secondary N) is 3. The van der Waals surface area contributed by atoms with Crippen molar-refractivity contribution >= 4 is 17.8 Å². The van der Waals surface area contributed by atoms with Crippen LogP contribution in [-0.4, -0.2) is 27.0 Å². The lowest BCUT2D eigenvalue weighted by Gasteiger charge is -2.16. The molecule has 2 heterocycles. The van der Waals surface area contributed by atoms with Gasteiger partial charge in [-0.05, 0) is 5.56 Å². The van der Waals surface area contributed by atoms with Gasteiger partial charge in [0.2, 0.25) is 5.91 Å². The molecule has 0 radical (unpaired) electrons. The molecule has 0 saturated heterocycles. The van der Waals surface area contributed by atoms with Crippen molar-refractivity contribution in [2.24, 2.45) is 0 Å². The molecule has 1 aromatic heterocycles. The van der Waals surface area contributed by atoms with Gasteiger partial charge in [-0.1, -0.05) is 30.3 Å². The molecule has 22 heavy (non-hydrogen) atoms. The Morgan fingerprint density at radius 3 is 2.77 bits per heavy atom. The van der Waals surface area contributed by atoms with E-state index in [0.717, 1.165) is 16.8 Å². The molecule has 0 fully saturated rings. The Hall–Kier alpha value is -2.83. The third-order valence-electron chi connectivity index (χ3n) is 3.52. The number of hydrogen-bond acceptors (Lipinski definition) is 3. The smallest absolute Gasteiger partial charge is 0.318 e. The number of H-pyrrole nitrogens is 1. The number of benzene rings is 1. The molecule has 3 rings (SSSR count). The van der Waals surface area contributed by atoms with Crippen LogP contribution in [0.1, 0.15) is 23.7 Å². The number of aromatic nitrogens is 2. The summed E-state index contributed by atoms with van der Waals surface area (Å²) in [6.45, 7) is 2.79. The van der Waals surface area contributed by atoms with Crippen LogP contribution in [0.5, 0.6) is 0 Å². The van der Waals surface area contributed by atoms with Crippen LogP contribution in [0, 0.1) is 0 Å². The van der Waals surface area contributed by atoms with Crippen molar-refractivity contribution < 1.29 is 9.59 Å². The van der Waals surface area contributed by atoms with Gasteiger partial charge in [-0.25, -0.2) is 4.79 Å². The molecule has 114 valence electrons. The van der Waals surface area contributed by atoms with Gasteiger partial charge >= 0.3 is 6.03 Å². The van der Waals surface area contributed by atoms with Gasteiger partial charge in [0.1, 0.15) is 5.82 Å². The molecule has 1 aromatic carbocycles. The van der Waals surface area contributed by atoms with Gasteiger partial charge in [-0.15, -0.1) is 0 Å². The van der Waals surface area contributed by atoms with Crippen molar-refractivity contribution in [3.05, 3.63) is 47.2 Å². The molecule has 2 aromatic rings. The zero-order valence-corrected chi connectivity index (χ0v) is 12.2. The molecule has 1 aliphatic heterocycles. The first kappa shape index (κ1) is 14.1. The highest BCUT2D eigenvalue weighted by atomic mass is 16.2. The summed E-state index contributed by atoms with van der Waals surface area (Å²) >= 11 is 0. The summed E-state index contributed by atoms with van der Waals surface area (Å²) in [5, 5.41) is 12.5. The lowest BCUT2D eigenvalue weighted by atomic mass is 10.2. The van der Waals surface area contributed by atoms with Gasteiger partial charge in [0.15, 0.2) is 0 Å². The number of urea groups is 1. The highest BCUT2D eigenvalue weighted by molar-refractivity contribution is 5.88. The molecule has 0 aliphatic carbocycles. The number of anilines is 1. The first-order valence-corrected chi connectivity index (χ1v) is 7.04. The van der Waals surface area contributed by atoms with E-state index in [9.17, 15) is 9.59 Å². The minimum atomic E-state index is -0.168. The van der Waals surface area contributed by atoms with E-state index in [2.05, 4.69) is 20.8 Å². The standard InChI is InChI=1S/C15H17N5O2/c1-10(21)17-14-12-8-20(9-13(12)18-19-14)15(22)16-7-11-5-3-2-4-6-11/h2-6H,7-9H2,1H3,(H,16,22)(H2,17,18,19,21). The minimum Gasteiger partial charge on any atom is -0.334 e. The minimum absolute atomic E-state index is 0.143. The summed E-state index contributed by atoms with van der Waals surface area (Å²) in [6.07, 6.45) is 0. The van der Waals surface area contributed by atoms with Crippen LogP contribution < -0.4 is 10.6 Å². The molecule has 1 aliphatic rings. The predicted octanol–water partition coefficient (Wildman–Crippen LogP) is 1.59. The number of hydrogen-bond donors (Lipinski definition) is 3. The molecule has 3 amide bonds. The van der Waals surface area contributed by atoms with Crippen molar-refractivity contribution in [2.75, 3.05) is 5.32 Å². The van der Waals surface area contributed by atoms with Crippen LogP contribution >= 0.6 is 0 Å². The Morgan fingerprint density at radius 1 is 1.27 bits per heavy atom. The first-order valence-electron chi connectivity index (χ1n) is 7.04. The lowest BCUT2D eigenvalue weighted by Crippen LogP contribution is -2.36. The maximum absolute atomic E-state index is 12.2.